The summed E-state index contributed by atoms with van der Waals surface area (Å²) in [6.07, 6.45) is 1.50. The van der Waals surface area contributed by atoms with Crippen molar-refractivity contribution in [1.29, 1.82) is 0 Å². The van der Waals surface area contributed by atoms with Crippen molar-refractivity contribution in [3.05, 3.63) is 63.4 Å². The molecule has 4 nitrogen and oxygen atoms in total. The SMILES string of the molecule is NC(=O)NN=CC1CSc2ccc(F)cc2C1(Cl)c1ccc(Cl)c(Cl)c1. The molecule has 1 aliphatic heterocycles. The van der Waals surface area contributed by atoms with Gasteiger partial charge in [0.2, 0.25) is 0 Å². The van der Waals surface area contributed by atoms with Gasteiger partial charge in [-0.2, -0.15) is 5.10 Å². The summed E-state index contributed by atoms with van der Waals surface area (Å²) < 4.78 is 14.0. The largest absolute Gasteiger partial charge is 0.350 e. The number of hydrogen-bond donors (Lipinski definition) is 2. The van der Waals surface area contributed by atoms with E-state index in [1.807, 2.05) is 0 Å². The molecule has 2 unspecified atom stereocenters. The van der Waals surface area contributed by atoms with E-state index in [9.17, 15) is 9.18 Å². The van der Waals surface area contributed by atoms with Gasteiger partial charge in [-0.1, -0.05) is 29.3 Å². The van der Waals surface area contributed by atoms with E-state index in [1.54, 1.807) is 24.3 Å². The molecule has 2 aromatic carbocycles. The Balaban J connectivity index is 2.15. The van der Waals surface area contributed by atoms with Gasteiger partial charge >= 0.3 is 6.03 Å². The van der Waals surface area contributed by atoms with Crippen molar-refractivity contribution in [3.63, 3.8) is 0 Å². The first kappa shape index (κ1) is 19.3. The number of amides is 2. The molecule has 3 rings (SSSR count). The van der Waals surface area contributed by atoms with Crippen LogP contribution >= 0.6 is 46.6 Å². The number of thioether (sulfide) groups is 1. The lowest BCUT2D eigenvalue weighted by Gasteiger charge is -2.39. The van der Waals surface area contributed by atoms with Gasteiger partial charge in [-0.3, -0.25) is 0 Å². The van der Waals surface area contributed by atoms with Crippen molar-refractivity contribution in [1.82, 2.24) is 5.43 Å². The summed E-state index contributed by atoms with van der Waals surface area (Å²) >= 11 is 20.8. The van der Waals surface area contributed by atoms with Crippen molar-refractivity contribution in [2.24, 2.45) is 16.8 Å². The molecule has 0 spiro atoms. The molecule has 0 aromatic heterocycles. The summed E-state index contributed by atoms with van der Waals surface area (Å²) in [4.78, 5) is 10.6. The summed E-state index contributed by atoms with van der Waals surface area (Å²) in [5, 5.41) is 4.58. The molecule has 3 N–H and O–H groups in total. The Hall–Kier alpha value is -1.47. The van der Waals surface area contributed by atoms with Crippen LogP contribution < -0.4 is 11.2 Å². The minimum atomic E-state index is -1.14. The first-order valence-electron chi connectivity index (χ1n) is 7.48. The molecule has 0 bridgehead atoms. The smallest absolute Gasteiger partial charge is 0.332 e. The number of rotatable bonds is 3. The fourth-order valence-corrected chi connectivity index (χ4v) is 4.92. The average molecular weight is 433 g/mol. The van der Waals surface area contributed by atoms with E-state index in [4.69, 9.17) is 40.5 Å². The van der Waals surface area contributed by atoms with Crippen LogP contribution in [-0.2, 0) is 4.87 Å². The van der Waals surface area contributed by atoms with Gasteiger partial charge in [0, 0.05) is 22.8 Å². The van der Waals surface area contributed by atoms with Crippen molar-refractivity contribution in [2.45, 2.75) is 9.77 Å². The number of halogens is 4. The molecule has 2 atom stereocenters. The zero-order valence-corrected chi connectivity index (χ0v) is 16.3. The van der Waals surface area contributed by atoms with E-state index in [2.05, 4.69) is 10.5 Å². The van der Waals surface area contributed by atoms with Crippen molar-refractivity contribution >= 4 is 58.8 Å². The second kappa shape index (κ2) is 7.64. The van der Waals surface area contributed by atoms with Crippen molar-refractivity contribution in [3.8, 4) is 0 Å². The van der Waals surface area contributed by atoms with Gasteiger partial charge < -0.3 is 5.73 Å². The highest BCUT2D eigenvalue weighted by Gasteiger charge is 2.44. The van der Waals surface area contributed by atoms with Crippen LogP contribution in [0.5, 0.6) is 0 Å². The maximum Gasteiger partial charge on any atom is 0.332 e. The normalized spacial score (nSPS) is 22.2. The van der Waals surface area contributed by atoms with Crippen molar-refractivity contribution < 1.29 is 9.18 Å². The number of carbonyl (C=O) groups excluding carboxylic acids is 1. The van der Waals surface area contributed by atoms with Gasteiger partial charge in [0.25, 0.3) is 0 Å². The number of nitrogens with one attached hydrogen (secondary N) is 1. The first-order chi connectivity index (χ1) is 12.3. The summed E-state index contributed by atoms with van der Waals surface area (Å²) in [7, 11) is 0. The fourth-order valence-electron chi connectivity index (χ4n) is 2.84. The van der Waals surface area contributed by atoms with Gasteiger partial charge in [-0.15, -0.1) is 23.4 Å². The van der Waals surface area contributed by atoms with Gasteiger partial charge in [-0.05, 0) is 41.5 Å². The Bertz CT molecular complexity index is 896. The lowest BCUT2D eigenvalue weighted by atomic mass is 9.80. The Morgan fingerprint density at radius 1 is 1.31 bits per heavy atom. The lowest BCUT2D eigenvalue weighted by Crippen LogP contribution is -2.38. The van der Waals surface area contributed by atoms with E-state index in [-0.39, 0.29) is 5.92 Å². The lowest BCUT2D eigenvalue weighted by molar-refractivity contribution is 0.249. The Morgan fingerprint density at radius 3 is 2.77 bits per heavy atom. The quantitative estimate of drug-likeness (QED) is 0.407. The molecule has 26 heavy (non-hydrogen) atoms. The molecule has 0 fully saturated rings. The molecular weight excluding hydrogens is 420 g/mol. The molecule has 136 valence electrons. The van der Waals surface area contributed by atoms with Crippen LogP contribution in [0, 0.1) is 11.7 Å². The molecule has 0 radical (unpaired) electrons. The molecule has 0 saturated heterocycles. The molecule has 1 aliphatic rings. The number of nitrogens with zero attached hydrogens (tertiary/aromatic N) is 1. The van der Waals surface area contributed by atoms with Crippen LogP contribution in [0.25, 0.3) is 0 Å². The van der Waals surface area contributed by atoms with E-state index >= 15 is 0 Å². The maximum atomic E-state index is 14.0. The average Bonchev–Trinajstić information content (AvgIpc) is 2.59. The number of hydrazone groups is 1. The fraction of sp³-hybridized carbons (Fsp3) is 0.176. The van der Waals surface area contributed by atoms with Crippen LogP contribution in [0.15, 0.2) is 46.4 Å². The van der Waals surface area contributed by atoms with Crippen LogP contribution in [0.2, 0.25) is 10.0 Å². The van der Waals surface area contributed by atoms with Gasteiger partial charge in [0.15, 0.2) is 0 Å². The molecule has 0 aliphatic carbocycles. The highest BCUT2D eigenvalue weighted by Crippen LogP contribution is 2.52. The van der Waals surface area contributed by atoms with E-state index in [0.717, 1.165) is 4.90 Å². The third kappa shape index (κ3) is 3.64. The Kier molecular flexibility index (Phi) is 5.67. The van der Waals surface area contributed by atoms with Crippen LogP contribution in [0.3, 0.4) is 0 Å². The predicted molar refractivity (Wildman–Crippen MR) is 105 cm³/mol. The number of benzene rings is 2. The zero-order valence-electron chi connectivity index (χ0n) is 13.2. The Labute approximate surface area is 168 Å². The number of fused-ring (bicyclic) bond motifs is 1. The molecular formula is C17H13Cl3FN3OS. The second-order valence-corrected chi connectivity index (χ2v) is 8.13. The minimum absolute atomic E-state index is 0.339. The molecule has 9 heteroatoms. The monoisotopic (exact) mass is 431 g/mol. The molecule has 0 saturated carbocycles. The molecule has 1 heterocycles. The van der Waals surface area contributed by atoms with Gasteiger partial charge in [-0.25, -0.2) is 14.6 Å². The summed E-state index contributed by atoms with van der Waals surface area (Å²) in [5.74, 6) is -0.207. The number of urea groups is 1. The van der Waals surface area contributed by atoms with Crippen molar-refractivity contribution in [2.75, 3.05) is 5.75 Å². The second-order valence-electron chi connectivity index (χ2n) is 5.65. The summed E-state index contributed by atoms with van der Waals surface area (Å²) in [6.45, 7) is 0. The number of nitrogens with two attached hydrogens (primary N) is 1. The highest BCUT2D eigenvalue weighted by molar-refractivity contribution is 7.99. The van der Waals surface area contributed by atoms with E-state index < -0.39 is 16.7 Å². The third-order valence-electron chi connectivity index (χ3n) is 4.03. The van der Waals surface area contributed by atoms with Gasteiger partial charge in [0.05, 0.1) is 10.0 Å². The first-order valence-corrected chi connectivity index (χ1v) is 9.60. The third-order valence-corrected chi connectivity index (χ3v) is 6.67. The predicted octanol–water partition coefficient (Wildman–Crippen LogP) is 4.99. The maximum absolute atomic E-state index is 14.0. The van der Waals surface area contributed by atoms with E-state index in [1.165, 1.54) is 30.1 Å². The summed E-state index contributed by atoms with van der Waals surface area (Å²) in [5.41, 5.74) is 8.44. The van der Waals surface area contributed by atoms with E-state index in [0.29, 0.717) is 26.9 Å². The number of hydrogen-bond acceptors (Lipinski definition) is 3. The highest BCUT2D eigenvalue weighted by atomic mass is 35.5. The molecule has 2 amide bonds. The minimum Gasteiger partial charge on any atom is -0.350 e. The summed E-state index contributed by atoms with van der Waals surface area (Å²) in [6, 6.07) is 8.74. The standard InChI is InChI=1S/C17H13Cl3FN3OS/c18-13-3-1-9(5-14(13)19)17(20)10(7-23-24-16(22)25)8-26-15-4-2-11(21)6-12(15)17/h1-7,10H,8H2,(H3,22,24,25). The topological polar surface area (TPSA) is 67.5 Å². The van der Waals surface area contributed by atoms with Gasteiger partial charge in [0.1, 0.15) is 10.7 Å². The number of primary amides is 1. The molecule has 2 aromatic rings. The van der Waals surface area contributed by atoms with Crippen LogP contribution in [0.1, 0.15) is 11.1 Å². The number of carbonyl (C=O) groups is 1. The van der Waals surface area contributed by atoms with Crippen LogP contribution in [0.4, 0.5) is 9.18 Å². The van der Waals surface area contributed by atoms with Crippen LogP contribution in [-0.4, -0.2) is 18.0 Å². The Morgan fingerprint density at radius 2 is 2.08 bits per heavy atom. The number of alkyl halides is 1. The zero-order chi connectivity index (χ0) is 18.9.